The normalized spacial score (nSPS) is 21.3. The molecule has 9 heteroatoms. The quantitative estimate of drug-likeness (QED) is 0.819. The van der Waals surface area contributed by atoms with E-state index in [1.54, 1.807) is 0 Å². The number of carbonyl (C=O) groups is 1. The molecule has 0 aromatic carbocycles. The summed E-state index contributed by atoms with van der Waals surface area (Å²) in [6, 6.07) is 1.19. The van der Waals surface area contributed by atoms with E-state index in [9.17, 15) is 13.2 Å². The number of rotatable bonds is 3. The summed E-state index contributed by atoms with van der Waals surface area (Å²) in [7, 11) is -3.74. The highest BCUT2D eigenvalue weighted by atomic mass is 79.9. The van der Waals surface area contributed by atoms with Crippen molar-refractivity contribution in [3.05, 3.63) is 10.4 Å². The van der Waals surface area contributed by atoms with Crippen LogP contribution in [0.25, 0.3) is 0 Å². The van der Waals surface area contributed by atoms with Crippen molar-refractivity contribution in [2.24, 2.45) is 0 Å². The summed E-state index contributed by atoms with van der Waals surface area (Å²) in [5, 5.41) is 17.6. The first-order valence-corrected chi connectivity index (χ1v) is 7.25. The summed E-state index contributed by atoms with van der Waals surface area (Å²) in [5.74, 6) is 0. The lowest BCUT2D eigenvalue weighted by atomic mass is 10.1. The van der Waals surface area contributed by atoms with Gasteiger partial charge in [0.25, 0.3) is 0 Å². The lowest BCUT2D eigenvalue weighted by Crippen LogP contribution is -2.56. The van der Waals surface area contributed by atoms with Gasteiger partial charge in [-0.2, -0.15) is 9.57 Å². The van der Waals surface area contributed by atoms with Gasteiger partial charge in [-0.15, -0.1) is 0 Å². The topological polar surface area (TPSA) is 102 Å². The van der Waals surface area contributed by atoms with Crippen molar-refractivity contribution >= 4 is 32.0 Å². The van der Waals surface area contributed by atoms with Gasteiger partial charge in [0.2, 0.25) is 10.0 Å². The van der Waals surface area contributed by atoms with Gasteiger partial charge in [-0.1, -0.05) is 6.58 Å². The average Bonchev–Trinajstić information content (AvgIpc) is 2.28. The number of nitrogens with zero attached hydrogens (tertiary/aromatic N) is 3. The number of sulfonamides is 1. The molecule has 1 aliphatic heterocycles. The lowest BCUT2D eigenvalue weighted by Gasteiger charge is -2.38. The molecule has 0 aromatic heterocycles. The minimum absolute atomic E-state index is 0.0115. The van der Waals surface area contributed by atoms with E-state index in [4.69, 9.17) is 10.4 Å². The number of carboxylic acid groups (broad SMARTS) is 1. The third-order valence-electron chi connectivity index (χ3n) is 2.61. The second kappa shape index (κ2) is 5.69. The first kappa shape index (κ1) is 14.9. The number of hydrogen-bond donors (Lipinski definition) is 1. The Kier molecular flexibility index (Phi) is 4.72. The van der Waals surface area contributed by atoms with E-state index < -0.39 is 22.2 Å². The first-order valence-electron chi connectivity index (χ1n) is 5.01. The Hall–Kier alpha value is -1.11. The van der Waals surface area contributed by atoms with E-state index in [0.29, 0.717) is 0 Å². The maximum atomic E-state index is 12.0. The smallest absolute Gasteiger partial charge is 0.407 e. The predicted octanol–water partition coefficient (Wildman–Crippen LogP) is 0.760. The molecule has 0 bridgehead atoms. The molecule has 1 heterocycles. The summed E-state index contributed by atoms with van der Waals surface area (Å²) < 4.78 is 24.8. The van der Waals surface area contributed by atoms with Crippen LogP contribution < -0.4 is 0 Å². The third-order valence-corrected chi connectivity index (χ3v) is 5.50. The van der Waals surface area contributed by atoms with Crippen molar-refractivity contribution < 1.29 is 18.3 Å². The van der Waals surface area contributed by atoms with Crippen LogP contribution in [0.3, 0.4) is 0 Å². The van der Waals surface area contributed by atoms with Gasteiger partial charge >= 0.3 is 6.09 Å². The fourth-order valence-corrected chi connectivity index (χ4v) is 3.40. The number of halogens is 1. The van der Waals surface area contributed by atoms with E-state index in [-0.39, 0.29) is 29.9 Å². The van der Waals surface area contributed by atoms with Crippen LogP contribution >= 0.6 is 15.9 Å². The second-order valence-electron chi connectivity index (χ2n) is 3.72. The average molecular weight is 338 g/mol. The zero-order chi connectivity index (χ0) is 13.9. The van der Waals surface area contributed by atoms with Gasteiger partial charge in [-0.05, 0) is 15.9 Å². The molecule has 1 atom stereocenters. The van der Waals surface area contributed by atoms with Crippen LogP contribution in [0.1, 0.15) is 6.42 Å². The Labute approximate surface area is 113 Å². The molecular formula is C9H12BrN3O4S. The monoisotopic (exact) mass is 337 g/mol. The molecule has 1 aliphatic rings. The summed E-state index contributed by atoms with van der Waals surface area (Å²) in [6.45, 7) is 3.41. The molecule has 1 saturated heterocycles. The van der Waals surface area contributed by atoms with E-state index in [1.165, 1.54) is 0 Å². The highest BCUT2D eigenvalue weighted by Gasteiger charge is 2.37. The van der Waals surface area contributed by atoms with Crippen LogP contribution in [0.4, 0.5) is 4.79 Å². The molecule has 0 unspecified atom stereocenters. The van der Waals surface area contributed by atoms with Gasteiger partial charge in [0.15, 0.2) is 0 Å². The molecule has 0 spiro atoms. The van der Waals surface area contributed by atoms with Gasteiger partial charge in [-0.25, -0.2) is 13.2 Å². The fourth-order valence-electron chi connectivity index (χ4n) is 1.73. The summed E-state index contributed by atoms with van der Waals surface area (Å²) in [5.41, 5.74) is 0. The van der Waals surface area contributed by atoms with Crippen molar-refractivity contribution in [1.29, 1.82) is 5.26 Å². The number of piperazine rings is 1. The minimum Gasteiger partial charge on any atom is -0.465 e. The second-order valence-corrected chi connectivity index (χ2v) is 7.11. The Morgan fingerprint density at radius 1 is 1.56 bits per heavy atom. The maximum Gasteiger partial charge on any atom is 0.407 e. The van der Waals surface area contributed by atoms with Gasteiger partial charge in [0.1, 0.15) is 3.81 Å². The molecule has 0 radical (unpaired) electrons. The Bertz CT molecular complexity index is 498. The highest BCUT2D eigenvalue weighted by molar-refractivity contribution is 9.13. The van der Waals surface area contributed by atoms with E-state index >= 15 is 0 Å². The predicted molar refractivity (Wildman–Crippen MR) is 67.3 cm³/mol. The molecule has 18 heavy (non-hydrogen) atoms. The summed E-state index contributed by atoms with van der Waals surface area (Å²) >= 11 is 2.82. The molecule has 0 aromatic rings. The van der Waals surface area contributed by atoms with Crippen LogP contribution in [-0.2, 0) is 10.0 Å². The van der Waals surface area contributed by atoms with Crippen molar-refractivity contribution in [2.75, 3.05) is 19.6 Å². The molecule has 7 nitrogen and oxygen atoms in total. The standard InChI is InChI=1S/C9H12BrN3O4S/c1-7(10)18(16,17)13-5-4-12(9(14)15)6-8(13)2-3-11/h8H,1-2,4-6H2,(H,14,15)/t8-/m0/s1. The van der Waals surface area contributed by atoms with Crippen LogP contribution in [0, 0.1) is 11.3 Å². The first-order chi connectivity index (χ1) is 8.30. The zero-order valence-corrected chi connectivity index (χ0v) is 11.8. The van der Waals surface area contributed by atoms with Crippen molar-refractivity contribution in [2.45, 2.75) is 12.5 Å². The Balaban J connectivity index is 2.97. The molecule has 1 rings (SSSR count). The minimum atomic E-state index is -3.74. The van der Waals surface area contributed by atoms with Crippen molar-refractivity contribution in [3.8, 4) is 6.07 Å². The fraction of sp³-hybridized carbons (Fsp3) is 0.556. The number of amides is 1. The molecule has 100 valence electrons. The Morgan fingerprint density at radius 3 is 2.61 bits per heavy atom. The van der Waals surface area contributed by atoms with Gasteiger partial charge in [0, 0.05) is 19.6 Å². The van der Waals surface area contributed by atoms with E-state index in [1.807, 2.05) is 6.07 Å². The third kappa shape index (κ3) is 3.01. The molecule has 1 fully saturated rings. The van der Waals surface area contributed by atoms with Gasteiger partial charge < -0.3 is 10.0 Å². The molecule has 0 saturated carbocycles. The van der Waals surface area contributed by atoms with Crippen LogP contribution in [0.2, 0.25) is 0 Å². The highest BCUT2D eigenvalue weighted by Crippen LogP contribution is 2.24. The van der Waals surface area contributed by atoms with Gasteiger partial charge in [-0.3, -0.25) is 0 Å². The Morgan fingerprint density at radius 2 is 2.17 bits per heavy atom. The van der Waals surface area contributed by atoms with E-state index in [2.05, 4.69) is 22.5 Å². The molecule has 1 N–H and O–H groups in total. The van der Waals surface area contributed by atoms with Gasteiger partial charge in [0.05, 0.1) is 18.5 Å². The lowest BCUT2D eigenvalue weighted by molar-refractivity contribution is 0.106. The number of nitriles is 1. The molecular weight excluding hydrogens is 326 g/mol. The van der Waals surface area contributed by atoms with Crippen LogP contribution in [-0.4, -0.2) is 54.5 Å². The zero-order valence-electron chi connectivity index (χ0n) is 9.41. The van der Waals surface area contributed by atoms with Crippen molar-refractivity contribution in [1.82, 2.24) is 9.21 Å². The number of hydrogen-bond acceptors (Lipinski definition) is 4. The SMILES string of the molecule is C=C(Br)S(=O)(=O)N1CCN(C(=O)O)C[C@@H]1CC#N. The maximum absolute atomic E-state index is 12.0. The molecule has 1 amide bonds. The van der Waals surface area contributed by atoms with Crippen LogP contribution in [0.15, 0.2) is 10.4 Å². The van der Waals surface area contributed by atoms with Crippen molar-refractivity contribution in [3.63, 3.8) is 0 Å². The largest absolute Gasteiger partial charge is 0.465 e. The van der Waals surface area contributed by atoms with Crippen LogP contribution in [0.5, 0.6) is 0 Å². The summed E-state index contributed by atoms with van der Waals surface area (Å²) in [4.78, 5) is 11.9. The summed E-state index contributed by atoms with van der Waals surface area (Å²) in [6.07, 6.45) is -1.18. The van der Waals surface area contributed by atoms with E-state index in [0.717, 1.165) is 9.21 Å². The molecule has 0 aliphatic carbocycles.